The molecule has 0 saturated carbocycles. The van der Waals surface area contributed by atoms with Gasteiger partial charge in [-0.25, -0.2) is 9.78 Å². The number of aryl methyl sites for hydroxylation is 2. The number of cyclic esters (lactones) is 1. The lowest BCUT2D eigenvalue weighted by Crippen LogP contribution is -2.05. The van der Waals surface area contributed by atoms with Gasteiger partial charge in [-0.1, -0.05) is 23.7 Å². The number of hydrogen-bond acceptors (Lipinski definition) is 4. The smallest absolute Gasteiger partial charge is 0.341 e. The molecule has 0 radical (unpaired) electrons. The van der Waals surface area contributed by atoms with Crippen LogP contribution in [0.5, 0.6) is 0 Å². The first-order chi connectivity index (χ1) is 9.97. The molecule has 21 heavy (non-hydrogen) atoms. The lowest BCUT2D eigenvalue weighted by Gasteiger charge is -2.09. The van der Waals surface area contributed by atoms with Gasteiger partial charge in [-0.05, 0) is 38.5 Å². The topological polar surface area (TPSA) is 39.2 Å². The number of hydrogen-bond donors (Lipinski definition) is 0. The number of carbonyl (C=O) groups is 1. The zero-order valence-corrected chi connectivity index (χ0v) is 13.5. The number of nitrogens with zero attached hydrogens (tertiary/aromatic N) is 1. The van der Waals surface area contributed by atoms with E-state index >= 15 is 0 Å². The Labute approximate surface area is 132 Å². The third-order valence-corrected chi connectivity index (χ3v) is 4.60. The first kappa shape index (κ1) is 14.3. The van der Waals surface area contributed by atoms with Crippen molar-refractivity contribution in [3.8, 4) is 0 Å². The van der Waals surface area contributed by atoms with E-state index in [0.29, 0.717) is 10.6 Å². The Kier molecular flexibility index (Phi) is 3.59. The van der Waals surface area contributed by atoms with Gasteiger partial charge in [0.2, 0.25) is 0 Å². The van der Waals surface area contributed by atoms with E-state index in [0.717, 1.165) is 26.7 Å². The molecule has 0 fully saturated rings. The zero-order valence-electron chi connectivity index (χ0n) is 11.9. The Hall–Kier alpha value is -1.65. The van der Waals surface area contributed by atoms with E-state index in [4.69, 9.17) is 16.3 Å². The maximum absolute atomic E-state index is 12.3. The Morgan fingerprint density at radius 3 is 2.48 bits per heavy atom. The van der Waals surface area contributed by atoms with Crippen LogP contribution in [0.2, 0.25) is 5.02 Å². The predicted octanol–water partition coefficient (Wildman–Crippen LogP) is 4.27. The van der Waals surface area contributed by atoms with E-state index in [1.807, 2.05) is 45.0 Å². The van der Waals surface area contributed by atoms with Gasteiger partial charge < -0.3 is 4.74 Å². The molecular formula is C16H14ClNO2S. The highest BCUT2D eigenvalue weighted by Gasteiger charge is 2.35. The van der Waals surface area contributed by atoms with Crippen molar-refractivity contribution in [3.63, 3.8) is 0 Å². The molecule has 0 spiro atoms. The normalized spacial score (nSPS) is 18.3. The molecule has 1 aliphatic heterocycles. The molecule has 108 valence electrons. The monoisotopic (exact) mass is 319 g/mol. The number of halogens is 1. The summed E-state index contributed by atoms with van der Waals surface area (Å²) in [5.74, 6) is -0.305. The molecule has 3 nitrogen and oxygen atoms in total. The number of thiazole rings is 1. The number of aromatic nitrogens is 1. The molecule has 1 unspecified atom stereocenters. The van der Waals surface area contributed by atoms with Crippen molar-refractivity contribution in [2.24, 2.45) is 0 Å². The first-order valence-corrected chi connectivity index (χ1v) is 7.82. The van der Waals surface area contributed by atoms with Crippen molar-refractivity contribution in [1.29, 1.82) is 0 Å². The van der Waals surface area contributed by atoms with E-state index in [9.17, 15) is 4.79 Å². The molecule has 0 saturated heterocycles. The molecule has 2 aromatic rings. The molecular weight excluding hydrogens is 306 g/mol. The summed E-state index contributed by atoms with van der Waals surface area (Å²) in [5, 5.41) is 1.61. The third-order valence-electron chi connectivity index (χ3n) is 3.46. The minimum atomic E-state index is -0.305. The lowest BCUT2D eigenvalue weighted by molar-refractivity contribution is -0.136. The van der Waals surface area contributed by atoms with Crippen molar-refractivity contribution in [3.05, 3.63) is 50.4 Å². The van der Waals surface area contributed by atoms with Gasteiger partial charge in [0, 0.05) is 15.5 Å². The summed E-state index contributed by atoms with van der Waals surface area (Å²) in [5.41, 5.74) is 3.13. The minimum absolute atomic E-state index is 0.282. The van der Waals surface area contributed by atoms with Crippen LogP contribution in [0.1, 0.15) is 28.1 Å². The molecule has 3 rings (SSSR count). The van der Waals surface area contributed by atoms with Gasteiger partial charge in [-0.2, -0.15) is 0 Å². The number of rotatable bonds is 2. The number of carbonyl (C=O) groups excluding carboxylic acids is 1. The summed E-state index contributed by atoms with van der Waals surface area (Å²) in [7, 11) is 0. The third kappa shape index (κ3) is 2.49. The van der Waals surface area contributed by atoms with Crippen molar-refractivity contribution < 1.29 is 9.53 Å². The summed E-state index contributed by atoms with van der Waals surface area (Å²) in [6.45, 7) is 5.79. The van der Waals surface area contributed by atoms with Gasteiger partial charge in [0.15, 0.2) is 0 Å². The molecule has 1 aromatic heterocycles. The molecule has 0 N–H and O–H groups in total. The second-order valence-corrected chi connectivity index (χ2v) is 6.82. The predicted molar refractivity (Wildman–Crippen MR) is 85.4 cm³/mol. The van der Waals surface area contributed by atoms with E-state index in [1.165, 1.54) is 0 Å². The maximum Gasteiger partial charge on any atom is 0.341 e. The van der Waals surface area contributed by atoms with Crippen molar-refractivity contribution in [2.45, 2.75) is 26.9 Å². The molecule has 1 aromatic carbocycles. The van der Waals surface area contributed by atoms with Gasteiger partial charge in [-0.3, -0.25) is 0 Å². The summed E-state index contributed by atoms with van der Waals surface area (Å²) in [6, 6.07) is 7.45. The van der Waals surface area contributed by atoms with Gasteiger partial charge in [0.1, 0.15) is 6.10 Å². The largest absolute Gasteiger partial charge is 0.454 e. The van der Waals surface area contributed by atoms with Crippen LogP contribution in [0.15, 0.2) is 24.3 Å². The fraction of sp³-hybridized carbons (Fsp3) is 0.250. The average molecular weight is 320 g/mol. The minimum Gasteiger partial charge on any atom is -0.454 e. The van der Waals surface area contributed by atoms with Crippen LogP contribution < -0.4 is 0 Å². The van der Waals surface area contributed by atoms with Gasteiger partial charge in [-0.15, -0.1) is 11.3 Å². The molecule has 0 aliphatic carbocycles. The van der Waals surface area contributed by atoms with Crippen molar-refractivity contribution in [1.82, 2.24) is 4.98 Å². The SMILES string of the molecule is Cc1nc(C2=C(c3ccc(Cl)cc3)C(C)OC2=O)c(C)s1. The molecule has 5 heteroatoms. The second kappa shape index (κ2) is 5.28. The summed E-state index contributed by atoms with van der Waals surface area (Å²) >= 11 is 7.53. The highest BCUT2D eigenvalue weighted by molar-refractivity contribution is 7.11. The highest BCUT2D eigenvalue weighted by Crippen LogP contribution is 2.39. The molecule has 2 heterocycles. The van der Waals surface area contributed by atoms with Gasteiger partial charge in [0.25, 0.3) is 0 Å². The Morgan fingerprint density at radius 1 is 1.24 bits per heavy atom. The quantitative estimate of drug-likeness (QED) is 0.776. The second-order valence-electron chi connectivity index (χ2n) is 4.98. The van der Waals surface area contributed by atoms with Crippen LogP contribution >= 0.6 is 22.9 Å². The summed E-state index contributed by atoms with van der Waals surface area (Å²) < 4.78 is 5.41. The maximum atomic E-state index is 12.3. The summed E-state index contributed by atoms with van der Waals surface area (Å²) in [4.78, 5) is 17.8. The number of esters is 1. The van der Waals surface area contributed by atoms with Crippen LogP contribution in [-0.4, -0.2) is 17.1 Å². The molecule has 0 bridgehead atoms. The average Bonchev–Trinajstić information content (AvgIpc) is 2.89. The number of ether oxygens (including phenoxy) is 1. The Balaban J connectivity index is 2.22. The summed E-state index contributed by atoms with van der Waals surface area (Å²) in [6.07, 6.45) is -0.282. The zero-order chi connectivity index (χ0) is 15.1. The fourth-order valence-corrected chi connectivity index (χ4v) is 3.54. The lowest BCUT2D eigenvalue weighted by atomic mass is 9.96. The molecule has 0 amide bonds. The van der Waals surface area contributed by atoms with E-state index < -0.39 is 0 Å². The Morgan fingerprint density at radius 2 is 1.90 bits per heavy atom. The van der Waals surface area contributed by atoms with Crippen LogP contribution in [0.3, 0.4) is 0 Å². The molecule has 1 atom stereocenters. The van der Waals surface area contributed by atoms with Crippen LogP contribution in [0.4, 0.5) is 0 Å². The van der Waals surface area contributed by atoms with Crippen molar-refractivity contribution in [2.75, 3.05) is 0 Å². The Bertz CT molecular complexity index is 746. The van der Waals surface area contributed by atoms with Gasteiger partial charge in [0.05, 0.1) is 16.3 Å². The molecule has 1 aliphatic rings. The number of benzene rings is 1. The highest BCUT2D eigenvalue weighted by atomic mass is 35.5. The van der Waals surface area contributed by atoms with Crippen LogP contribution in [-0.2, 0) is 9.53 Å². The first-order valence-electron chi connectivity index (χ1n) is 6.63. The van der Waals surface area contributed by atoms with Gasteiger partial charge >= 0.3 is 5.97 Å². The fourth-order valence-electron chi connectivity index (χ4n) is 2.59. The van der Waals surface area contributed by atoms with Crippen molar-refractivity contribution >= 4 is 40.1 Å². The standard InChI is InChI=1S/C16H14ClNO2S/c1-8-13(11-4-6-12(17)7-5-11)14(16(19)20-8)15-9(2)21-10(3)18-15/h4-8H,1-3H3. The van der Waals surface area contributed by atoms with Crippen LogP contribution in [0.25, 0.3) is 11.1 Å². The van der Waals surface area contributed by atoms with E-state index in [1.54, 1.807) is 11.3 Å². The van der Waals surface area contributed by atoms with E-state index in [-0.39, 0.29) is 12.1 Å². The van der Waals surface area contributed by atoms with E-state index in [2.05, 4.69) is 4.98 Å². The van der Waals surface area contributed by atoms with Crippen LogP contribution in [0, 0.1) is 13.8 Å².